The number of aryl methyl sites for hydroxylation is 1. The molecule has 2 rings (SSSR count). The molecule has 1 aromatic rings. The first-order chi connectivity index (χ1) is 8.43. The summed E-state index contributed by atoms with van der Waals surface area (Å²) < 4.78 is 32.7. The number of aromatic nitrogens is 2. The SMILES string of the molecule is CCc1[nH]nc(C(=O)OC2COC2)c1S(=O)(=O)Cl. The van der Waals surface area contributed by atoms with E-state index in [9.17, 15) is 13.2 Å². The zero-order valence-corrected chi connectivity index (χ0v) is 11.0. The Labute approximate surface area is 108 Å². The first-order valence-corrected chi connectivity index (χ1v) is 7.55. The first-order valence-electron chi connectivity index (χ1n) is 5.24. The molecule has 100 valence electrons. The molecule has 1 N–H and O–H groups in total. The van der Waals surface area contributed by atoms with Gasteiger partial charge in [-0.3, -0.25) is 5.10 Å². The van der Waals surface area contributed by atoms with Crippen LogP contribution in [0.15, 0.2) is 4.90 Å². The fourth-order valence-electron chi connectivity index (χ4n) is 1.50. The number of hydrogen-bond acceptors (Lipinski definition) is 6. The highest BCUT2D eigenvalue weighted by Gasteiger charge is 2.31. The van der Waals surface area contributed by atoms with Crippen molar-refractivity contribution in [2.45, 2.75) is 24.3 Å². The molecule has 7 nitrogen and oxygen atoms in total. The van der Waals surface area contributed by atoms with Gasteiger partial charge in [0, 0.05) is 10.7 Å². The normalized spacial score (nSPS) is 16.3. The van der Waals surface area contributed by atoms with E-state index >= 15 is 0 Å². The summed E-state index contributed by atoms with van der Waals surface area (Å²) in [7, 11) is 1.24. The summed E-state index contributed by atoms with van der Waals surface area (Å²) in [5.74, 6) is -0.821. The molecule has 18 heavy (non-hydrogen) atoms. The Morgan fingerprint density at radius 3 is 2.72 bits per heavy atom. The van der Waals surface area contributed by atoms with E-state index in [-0.39, 0.29) is 22.4 Å². The second-order valence-electron chi connectivity index (χ2n) is 3.74. The van der Waals surface area contributed by atoms with E-state index < -0.39 is 15.0 Å². The molecular weight excluding hydrogens is 284 g/mol. The molecule has 0 bridgehead atoms. The van der Waals surface area contributed by atoms with Crippen molar-refractivity contribution >= 4 is 25.7 Å². The second-order valence-corrected chi connectivity index (χ2v) is 6.24. The number of aromatic amines is 1. The molecule has 1 aliphatic heterocycles. The highest BCUT2D eigenvalue weighted by atomic mass is 35.7. The van der Waals surface area contributed by atoms with Gasteiger partial charge >= 0.3 is 5.97 Å². The second kappa shape index (κ2) is 4.87. The summed E-state index contributed by atoms with van der Waals surface area (Å²) in [5.41, 5.74) is -0.0319. The minimum absolute atomic E-state index is 0.279. The lowest BCUT2D eigenvalue weighted by Gasteiger charge is -2.25. The third-order valence-corrected chi connectivity index (χ3v) is 3.85. The van der Waals surface area contributed by atoms with Crippen LogP contribution in [0.5, 0.6) is 0 Å². The Morgan fingerprint density at radius 1 is 1.61 bits per heavy atom. The van der Waals surface area contributed by atoms with Gasteiger partial charge in [0.15, 0.2) is 5.69 Å². The lowest BCUT2D eigenvalue weighted by molar-refractivity contribution is -0.103. The van der Waals surface area contributed by atoms with Crippen molar-refractivity contribution in [2.75, 3.05) is 13.2 Å². The molecule has 0 atom stereocenters. The molecule has 1 aromatic heterocycles. The average molecular weight is 295 g/mol. The van der Waals surface area contributed by atoms with Gasteiger partial charge in [0.05, 0.1) is 18.9 Å². The zero-order chi connectivity index (χ0) is 13.3. The third kappa shape index (κ3) is 2.50. The lowest BCUT2D eigenvalue weighted by Crippen LogP contribution is -2.38. The van der Waals surface area contributed by atoms with E-state index in [0.29, 0.717) is 19.6 Å². The Balaban J connectivity index is 2.32. The van der Waals surface area contributed by atoms with Crippen LogP contribution in [0.3, 0.4) is 0 Å². The van der Waals surface area contributed by atoms with Crippen molar-refractivity contribution in [1.29, 1.82) is 0 Å². The van der Waals surface area contributed by atoms with Crippen LogP contribution in [0.1, 0.15) is 23.1 Å². The Morgan fingerprint density at radius 2 is 2.28 bits per heavy atom. The van der Waals surface area contributed by atoms with E-state index in [4.69, 9.17) is 20.2 Å². The summed E-state index contributed by atoms with van der Waals surface area (Å²) in [6, 6.07) is 0. The molecule has 1 aliphatic rings. The van der Waals surface area contributed by atoms with Crippen LogP contribution in [0.25, 0.3) is 0 Å². The van der Waals surface area contributed by atoms with Crippen molar-refractivity contribution in [3.63, 3.8) is 0 Å². The van der Waals surface area contributed by atoms with Crippen molar-refractivity contribution in [1.82, 2.24) is 10.2 Å². The van der Waals surface area contributed by atoms with E-state index in [2.05, 4.69) is 10.2 Å². The van der Waals surface area contributed by atoms with Crippen molar-refractivity contribution < 1.29 is 22.7 Å². The van der Waals surface area contributed by atoms with E-state index in [1.807, 2.05) is 0 Å². The number of nitrogens with zero attached hydrogens (tertiary/aromatic N) is 1. The highest BCUT2D eigenvalue weighted by molar-refractivity contribution is 8.13. The molecule has 0 saturated carbocycles. The number of H-pyrrole nitrogens is 1. The predicted molar refractivity (Wildman–Crippen MR) is 61.0 cm³/mol. The van der Waals surface area contributed by atoms with E-state index in [0.717, 1.165) is 0 Å². The van der Waals surface area contributed by atoms with Gasteiger partial charge < -0.3 is 9.47 Å². The maximum Gasteiger partial charge on any atom is 0.360 e. The van der Waals surface area contributed by atoms with Gasteiger partial charge in [0.25, 0.3) is 9.05 Å². The molecule has 0 aromatic carbocycles. The zero-order valence-electron chi connectivity index (χ0n) is 9.47. The fraction of sp³-hybridized carbons (Fsp3) is 0.556. The highest BCUT2D eigenvalue weighted by Crippen LogP contribution is 2.24. The standard InChI is InChI=1S/C9H11ClN2O5S/c1-2-6-8(18(10,14)15)7(12-11-6)9(13)17-5-3-16-4-5/h5H,2-4H2,1H3,(H,11,12). The molecule has 0 aliphatic carbocycles. The summed E-state index contributed by atoms with van der Waals surface area (Å²) in [5, 5.41) is 6.14. The van der Waals surface area contributed by atoms with E-state index in [1.165, 1.54) is 0 Å². The average Bonchev–Trinajstić information content (AvgIpc) is 2.66. The van der Waals surface area contributed by atoms with Crippen LogP contribution >= 0.6 is 10.7 Å². The van der Waals surface area contributed by atoms with Gasteiger partial charge in [-0.1, -0.05) is 6.92 Å². The predicted octanol–water partition coefficient (Wildman–Crippen LogP) is 0.455. The van der Waals surface area contributed by atoms with Gasteiger partial charge in [-0.2, -0.15) is 5.10 Å². The van der Waals surface area contributed by atoms with Gasteiger partial charge in [-0.25, -0.2) is 13.2 Å². The minimum Gasteiger partial charge on any atom is -0.453 e. The largest absolute Gasteiger partial charge is 0.453 e. The third-order valence-electron chi connectivity index (χ3n) is 2.46. The van der Waals surface area contributed by atoms with Crippen LogP contribution in [-0.2, 0) is 24.9 Å². The smallest absolute Gasteiger partial charge is 0.360 e. The molecule has 0 unspecified atom stereocenters. The quantitative estimate of drug-likeness (QED) is 0.640. The van der Waals surface area contributed by atoms with Crippen LogP contribution in [-0.4, -0.2) is 43.9 Å². The number of halogens is 1. The Kier molecular flexibility index (Phi) is 3.60. The first kappa shape index (κ1) is 13.3. The Hall–Kier alpha value is -1.12. The summed E-state index contributed by atoms with van der Waals surface area (Å²) in [6.45, 7) is 2.33. The van der Waals surface area contributed by atoms with E-state index in [1.54, 1.807) is 6.92 Å². The summed E-state index contributed by atoms with van der Waals surface area (Å²) in [6.07, 6.45) is -0.00108. The van der Waals surface area contributed by atoms with Crippen LogP contribution < -0.4 is 0 Å². The molecule has 9 heteroatoms. The molecule has 1 saturated heterocycles. The number of rotatable bonds is 4. The van der Waals surface area contributed by atoms with Gasteiger partial charge in [0.2, 0.25) is 0 Å². The Bertz CT molecular complexity index is 564. The van der Waals surface area contributed by atoms with Crippen LogP contribution in [0, 0.1) is 0 Å². The van der Waals surface area contributed by atoms with Gasteiger partial charge in [0.1, 0.15) is 11.0 Å². The van der Waals surface area contributed by atoms with Crippen molar-refractivity contribution in [3.05, 3.63) is 11.4 Å². The number of ether oxygens (including phenoxy) is 2. The summed E-state index contributed by atoms with van der Waals surface area (Å²) in [4.78, 5) is 11.5. The van der Waals surface area contributed by atoms with Crippen LogP contribution in [0.4, 0.5) is 0 Å². The van der Waals surface area contributed by atoms with Crippen molar-refractivity contribution in [2.24, 2.45) is 0 Å². The molecular formula is C9H11ClN2O5S. The molecule has 0 amide bonds. The maximum absolute atomic E-state index is 11.8. The molecule has 1 fully saturated rings. The summed E-state index contributed by atoms with van der Waals surface area (Å²) >= 11 is 0. The number of hydrogen-bond donors (Lipinski definition) is 1. The topological polar surface area (TPSA) is 98.3 Å². The minimum atomic E-state index is -4.06. The maximum atomic E-state index is 11.8. The number of carbonyl (C=O) groups is 1. The van der Waals surface area contributed by atoms with Gasteiger partial charge in [-0.15, -0.1) is 0 Å². The lowest BCUT2D eigenvalue weighted by atomic mass is 10.3. The number of esters is 1. The number of carbonyl (C=O) groups excluding carboxylic acids is 1. The van der Waals surface area contributed by atoms with Crippen LogP contribution in [0.2, 0.25) is 0 Å². The molecule has 0 radical (unpaired) electrons. The fourth-order valence-corrected chi connectivity index (χ4v) is 2.84. The molecule has 0 spiro atoms. The monoisotopic (exact) mass is 294 g/mol. The van der Waals surface area contributed by atoms with Crippen molar-refractivity contribution in [3.8, 4) is 0 Å². The molecule has 2 heterocycles. The van der Waals surface area contributed by atoms with Gasteiger partial charge in [-0.05, 0) is 6.42 Å². The number of nitrogens with one attached hydrogen (secondary N) is 1.